The van der Waals surface area contributed by atoms with Gasteiger partial charge in [-0.3, -0.25) is 9.59 Å². The minimum Gasteiger partial charge on any atom is -0.493 e. The molecule has 32 heavy (non-hydrogen) atoms. The number of rotatable bonds is 8. The number of ether oxygens (including phenoxy) is 3. The molecule has 0 aliphatic heterocycles. The highest BCUT2D eigenvalue weighted by molar-refractivity contribution is 6.03. The topological polar surface area (TPSA) is 111 Å². The number of carbonyl (C=O) groups is 2. The molecule has 0 atom stereocenters. The average molecular weight is 437 g/mol. The Balaban J connectivity index is 1.68. The molecule has 0 radical (unpaired) electrons. The van der Waals surface area contributed by atoms with E-state index in [1.165, 1.54) is 39.7 Å². The van der Waals surface area contributed by atoms with Gasteiger partial charge in [0, 0.05) is 11.3 Å². The second-order valence-corrected chi connectivity index (χ2v) is 6.56. The molecule has 0 aliphatic rings. The molecule has 166 valence electrons. The van der Waals surface area contributed by atoms with Crippen molar-refractivity contribution in [3.8, 4) is 17.2 Å². The number of hydrogen-bond acceptors (Lipinski definition) is 7. The van der Waals surface area contributed by atoms with Crippen molar-refractivity contribution in [2.24, 2.45) is 5.10 Å². The van der Waals surface area contributed by atoms with Crippen LogP contribution in [0.5, 0.6) is 17.2 Å². The molecule has 0 spiro atoms. The summed E-state index contributed by atoms with van der Waals surface area (Å²) in [6, 6.07) is 13.3. The number of carbonyl (C=O) groups excluding carboxylic acids is 2. The summed E-state index contributed by atoms with van der Waals surface area (Å²) < 4.78 is 20.9. The van der Waals surface area contributed by atoms with Gasteiger partial charge in [0.25, 0.3) is 11.8 Å². The third kappa shape index (κ3) is 5.07. The Hall–Kier alpha value is -4.27. The molecule has 9 heteroatoms. The molecule has 0 saturated carbocycles. The van der Waals surface area contributed by atoms with Crippen LogP contribution in [0.25, 0.3) is 0 Å². The number of furan rings is 1. The standard InChI is InChI=1S/C23H23N3O6/c1-14(15-7-9-17(10-8-15)24-23(28)18-6-5-11-32-18)25-26-22(27)16-12-19(29-2)21(31-4)20(13-16)30-3/h5-13H,1-4H3,(H,24,28)(H,26,27). The highest BCUT2D eigenvalue weighted by Crippen LogP contribution is 2.38. The minimum atomic E-state index is -0.439. The summed E-state index contributed by atoms with van der Waals surface area (Å²) in [5.74, 6) is 0.568. The zero-order chi connectivity index (χ0) is 23.1. The van der Waals surface area contributed by atoms with E-state index < -0.39 is 5.91 Å². The van der Waals surface area contributed by atoms with Crippen molar-refractivity contribution in [1.82, 2.24) is 5.43 Å². The van der Waals surface area contributed by atoms with Crippen molar-refractivity contribution in [2.75, 3.05) is 26.6 Å². The molecule has 3 rings (SSSR count). The molecule has 3 aromatic rings. The van der Waals surface area contributed by atoms with E-state index in [1.54, 1.807) is 43.3 Å². The van der Waals surface area contributed by atoms with Crippen LogP contribution < -0.4 is 25.0 Å². The fraction of sp³-hybridized carbons (Fsp3) is 0.174. The van der Waals surface area contributed by atoms with Gasteiger partial charge in [0.2, 0.25) is 5.75 Å². The zero-order valence-corrected chi connectivity index (χ0v) is 18.1. The first-order valence-electron chi connectivity index (χ1n) is 9.56. The second-order valence-electron chi connectivity index (χ2n) is 6.56. The monoisotopic (exact) mass is 437 g/mol. The summed E-state index contributed by atoms with van der Waals surface area (Å²) in [6.07, 6.45) is 1.43. The molecular formula is C23H23N3O6. The first-order valence-corrected chi connectivity index (χ1v) is 9.56. The Morgan fingerprint density at radius 2 is 1.53 bits per heavy atom. The van der Waals surface area contributed by atoms with Gasteiger partial charge < -0.3 is 23.9 Å². The fourth-order valence-electron chi connectivity index (χ4n) is 2.87. The van der Waals surface area contributed by atoms with E-state index in [0.29, 0.717) is 34.2 Å². The number of hydrogen-bond donors (Lipinski definition) is 2. The van der Waals surface area contributed by atoms with E-state index in [0.717, 1.165) is 5.56 Å². The van der Waals surface area contributed by atoms with Crippen LogP contribution in [0.2, 0.25) is 0 Å². The smallest absolute Gasteiger partial charge is 0.291 e. The summed E-state index contributed by atoms with van der Waals surface area (Å²) in [5.41, 5.74) is 4.77. The van der Waals surface area contributed by atoms with Crippen molar-refractivity contribution < 1.29 is 28.2 Å². The van der Waals surface area contributed by atoms with Gasteiger partial charge in [-0.1, -0.05) is 12.1 Å². The number of hydrazone groups is 1. The summed E-state index contributed by atoms with van der Waals surface area (Å²) in [7, 11) is 4.44. The van der Waals surface area contributed by atoms with Crippen LogP contribution in [0.4, 0.5) is 5.69 Å². The molecule has 0 aliphatic carbocycles. The zero-order valence-electron chi connectivity index (χ0n) is 18.1. The van der Waals surface area contributed by atoms with Gasteiger partial charge in [-0.25, -0.2) is 5.43 Å². The van der Waals surface area contributed by atoms with E-state index in [2.05, 4.69) is 15.8 Å². The number of amides is 2. The van der Waals surface area contributed by atoms with Crippen LogP contribution in [-0.4, -0.2) is 38.9 Å². The number of methoxy groups -OCH3 is 3. The lowest BCUT2D eigenvalue weighted by Gasteiger charge is -2.13. The van der Waals surface area contributed by atoms with Crippen molar-refractivity contribution in [3.63, 3.8) is 0 Å². The molecule has 0 unspecified atom stereocenters. The molecule has 0 bridgehead atoms. The largest absolute Gasteiger partial charge is 0.493 e. The highest BCUT2D eigenvalue weighted by atomic mass is 16.5. The Morgan fingerprint density at radius 3 is 2.06 bits per heavy atom. The number of benzene rings is 2. The Labute approximate surface area is 185 Å². The number of nitrogens with zero attached hydrogens (tertiary/aromatic N) is 1. The molecule has 9 nitrogen and oxygen atoms in total. The van der Waals surface area contributed by atoms with Gasteiger partial charge >= 0.3 is 0 Å². The average Bonchev–Trinajstić information content (AvgIpc) is 3.37. The van der Waals surface area contributed by atoms with Crippen LogP contribution in [0, 0.1) is 0 Å². The van der Waals surface area contributed by atoms with Gasteiger partial charge in [-0.15, -0.1) is 0 Å². The van der Waals surface area contributed by atoms with E-state index >= 15 is 0 Å². The quantitative estimate of drug-likeness (QED) is 0.410. The van der Waals surface area contributed by atoms with Crippen molar-refractivity contribution in [2.45, 2.75) is 6.92 Å². The van der Waals surface area contributed by atoms with Gasteiger partial charge in [0.15, 0.2) is 17.3 Å². The molecule has 2 N–H and O–H groups in total. The SMILES string of the molecule is COc1cc(C(=O)NN=C(C)c2ccc(NC(=O)c3ccco3)cc2)cc(OC)c1OC. The number of nitrogens with one attached hydrogen (secondary N) is 2. The molecule has 2 aromatic carbocycles. The maximum Gasteiger partial charge on any atom is 0.291 e. The summed E-state index contributed by atoms with van der Waals surface area (Å²) in [6.45, 7) is 1.76. The van der Waals surface area contributed by atoms with Crippen LogP contribution in [-0.2, 0) is 0 Å². The Kier molecular flexibility index (Phi) is 7.12. The van der Waals surface area contributed by atoms with Gasteiger partial charge in [-0.05, 0) is 48.9 Å². The predicted molar refractivity (Wildman–Crippen MR) is 119 cm³/mol. The maximum absolute atomic E-state index is 12.6. The molecule has 2 amide bonds. The lowest BCUT2D eigenvalue weighted by molar-refractivity contribution is 0.0952. The Morgan fingerprint density at radius 1 is 0.875 bits per heavy atom. The first kappa shape index (κ1) is 22.4. The lowest BCUT2D eigenvalue weighted by atomic mass is 10.1. The van der Waals surface area contributed by atoms with Crippen LogP contribution >= 0.6 is 0 Å². The predicted octanol–water partition coefficient (Wildman–Crippen LogP) is 3.71. The van der Waals surface area contributed by atoms with Crippen LogP contribution in [0.1, 0.15) is 33.4 Å². The van der Waals surface area contributed by atoms with E-state index in [1.807, 2.05) is 0 Å². The molecule has 1 aromatic heterocycles. The van der Waals surface area contributed by atoms with Crippen molar-refractivity contribution in [1.29, 1.82) is 0 Å². The molecular weight excluding hydrogens is 414 g/mol. The minimum absolute atomic E-state index is 0.223. The summed E-state index contributed by atoms with van der Waals surface area (Å²) in [5, 5.41) is 6.89. The van der Waals surface area contributed by atoms with Crippen LogP contribution in [0.3, 0.4) is 0 Å². The van der Waals surface area contributed by atoms with E-state index in [-0.39, 0.29) is 11.7 Å². The maximum atomic E-state index is 12.6. The molecule has 0 saturated heterocycles. The lowest BCUT2D eigenvalue weighted by Crippen LogP contribution is -2.19. The number of anilines is 1. The van der Waals surface area contributed by atoms with Crippen molar-refractivity contribution >= 4 is 23.2 Å². The summed E-state index contributed by atoms with van der Waals surface area (Å²) >= 11 is 0. The van der Waals surface area contributed by atoms with Crippen LogP contribution in [0.15, 0.2) is 64.3 Å². The third-order valence-electron chi connectivity index (χ3n) is 4.56. The van der Waals surface area contributed by atoms with Gasteiger partial charge in [-0.2, -0.15) is 5.10 Å². The summed E-state index contributed by atoms with van der Waals surface area (Å²) in [4.78, 5) is 24.6. The van der Waals surface area contributed by atoms with E-state index in [9.17, 15) is 9.59 Å². The normalized spacial score (nSPS) is 10.9. The van der Waals surface area contributed by atoms with Gasteiger partial charge in [0.1, 0.15) is 0 Å². The van der Waals surface area contributed by atoms with Gasteiger partial charge in [0.05, 0.1) is 33.3 Å². The van der Waals surface area contributed by atoms with E-state index in [4.69, 9.17) is 18.6 Å². The molecule has 1 heterocycles. The Bertz CT molecular complexity index is 1100. The second kappa shape index (κ2) is 10.2. The first-order chi connectivity index (χ1) is 15.5. The highest BCUT2D eigenvalue weighted by Gasteiger charge is 2.17. The molecule has 0 fully saturated rings. The fourth-order valence-corrected chi connectivity index (χ4v) is 2.87. The third-order valence-corrected chi connectivity index (χ3v) is 4.56. The van der Waals surface area contributed by atoms with Crippen molar-refractivity contribution in [3.05, 3.63) is 71.7 Å².